The van der Waals surface area contributed by atoms with E-state index in [0.717, 1.165) is 35.1 Å². The van der Waals surface area contributed by atoms with Gasteiger partial charge in [-0.2, -0.15) is 0 Å². The van der Waals surface area contributed by atoms with E-state index in [-0.39, 0.29) is 12.4 Å². The summed E-state index contributed by atoms with van der Waals surface area (Å²) in [6, 6.07) is 12.4. The first-order valence-corrected chi connectivity index (χ1v) is 10.0. The number of benzene rings is 2. The summed E-state index contributed by atoms with van der Waals surface area (Å²) in [6.45, 7) is 1.10. The summed E-state index contributed by atoms with van der Waals surface area (Å²) in [5.41, 5.74) is 3.35. The average Bonchev–Trinajstić information content (AvgIpc) is 2.80. The molecule has 1 aliphatic rings. The van der Waals surface area contributed by atoms with Crippen molar-refractivity contribution in [2.24, 2.45) is 0 Å². The number of carbonyl (C=O) groups excluding carboxylic acids is 2. The van der Waals surface area contributed by atoms with Crippen LogP contribution >= 0.6 is 0 Å². The minimum Gasteiger partial charge on any atom is -0.497 e. The van der Waals surface area contributed by atoms with Crippen molar-refractivity contribution in [2.45, 2.75) is 13.0 Å². The quantitative estimate of drug-likeness (QED) is 0.447. The van der Waals surface area contributed by atoms with E-state index in [0.29, 0.717) is 29.2 Å². The molecule has 0 saturated heterocycles. The lowest BCUT2D eigenvalue weighted by atomic mass is 9.96. The fourth-order valence-electron chi connectivity index (χ4n) is 3.87. The molecule has 1 aliphatic heterocycles. The first-order valence-electron chi connectivity index (χ1n) is 10.0. The smallest absolute Gasteiger partial charge is 0.339 e. The molecule has 0 fully saturated rings. The van der Waals surface area contributed by atoms with Crippen molar-refractivity contribution in [1.82, 2.24) is 9.88 Å². The molecule has 0 N–H and O–H groups in total. The van der Waals surface area contributed by atoms with Crippen molar-refractivity contribution in [2.75, 3.05) is 34.4 Å². The highest BCUT2D eigenvalue weighted by Gasteiger charge is 2.26. The van der Waals surface area contributed by atoms with Crippen LogP contribution in [-0.4, -0.2) is 56.1 Å². The molecule has 0 radical (unpaired) electrons. The molecule has 0 unspecified atom stereocenters. The Balaban J connectivity index is 1.62. The van der Waals surface area contributed by atoms with Crippen LogP contribution in [0.25, 0.3) is 10.9 Å². The second-order valence-corrected chi connectivity index (χ2v) is 7.48. The molecule has 160 valence electrons. The summed E-state index contributed by atoms with van der Waals surface area (Å²) in [5.74, 6) is 0.0707. The molecule has 0 bridgehead atoms. The van der Waals surface area contributed by atoms with Crippen LogP contribution in [-0.2, 0) is 17.7 Å². The van der Waals surface area contributed by atoms with Crippen molar-refractivity contribution < 1.29 is 23.8 Å². The zero-order valence-electron chi connectivity index (χ0n) is 17.8. The molecule has 0 saturated carbocycles. The zero-order valence-corrected chi connectivity index (χ0v) is 17.8. The summed E-state index contributed by atoms with van der Waals surface area (Å²) in [5, 5.41) is 0.732. The fraction of sp³-hybridized carbons (Fsp3) is 0.292. The zero-order chi connectivity index (χ0) is 22.0. The van der Waals surface area contributed by atoms with Crippen LogP contribution in [0.15, 0.2) is 42.5 Å². The summed E-state index contributed by atoms with van der Waals surface area (Å²) in [4.78, 5) is 32.8. The van der Waals surface area contributed by atoms with E-state index in [1.807, 2.05) is 31.3 Å². The number of fused-ring (bicyclic) bond motifs is 2. The minimum absolute atomic E-state index is 0.331. The highest BCUT2D eigenvalue weighted by Crippen LogP contribution is 2.29. The molecular weight excluding hydrogens is 396 g/mol. The van der Waals surface area contributed by atoms with Gasteiger partial charge in [0.15, 0.2) is 6.61 Å². The number of Topliss-reactive ketones (excluding diaryl/α,β-unsaturated/α-hetero) is 1. The second kappa shape index (κ2) is 8.73. The Kier molecular flexibility index (Phi) is 5.86. The second-order valence-electron chi connectivity index (χ2n) is 7.48. The third-order valence-electron chi connectivity index (χ3n) is 5.48. The van der Waals surface area contributed by atoms with Gasteiger partial charge in [0.05, 0.1) is 30.9 Å². The lowest BCUT2D eigenvalue weighted by Crippen LogP contribution is -2.30. The Labute approximate surface area is 180 Å². The molecule has 2 heterocycles. The number of aromatic nitrogens is 1. The predicted molar refractivity (Wildman–Crippen MR) is 116 cm³/mol. The molecule has 3 aromatic rings. The number of ether oxygens (including phenoxy) is 3. The van der Waals surface area contributed by atoms with E-state index >= 15 is 0 Å². The minimum atomic E-state index is -0.522. The first-order chi connectivity index (χ1) is 15.0. The molecule has 7 nitrogen and oxygen atoms in total. The Morgan fingerprint density at radius 2 is 1.90 bits per heavy atom. The summed E-state index contributed by atoms with van der Waals surface area (Å²) >= 11 is 0. The molecule has 0 aliphatic carbocycles. The number of carbonyl (C=O) groups is 2. The average molecular weight is 420 g/mol. The molecule has 2 aromatic carbocycles. The van der Waals surface area contributed by atoms with Crippen LogP contribution in [0.2, 0.25) is 0 Å². The predicted octanol–water partition coefficient (Wildman–Crippen LogP) is 3.28. The molecular formula is C24H24N2O5. The monoisotopic (exact) mass is 420 g/mol. The summed E-state index contributed by atoms with van der Waals surface area (Å²) < 4.78 is 15.9. The third-order valence-corrected chi connectivity index (χ3v) is 5.48. The van der Waals surface area contributed by atoms with Gasteiger partial charge in [0, 0.05) is 42.2 Å². The van der Waals surface area contributed by atoms with Crippen LogP contribution < -0.4 is 9.47 Å². The SMILES string of the molecule is COc1ccc(C(=O)COC(=O)c2c3c(nc4ccccc24)CCN(C)C3)c(OC)c1. The molecule has 0 spiro atoms. The van der Waals surface area contributed by atoms with Crippen molar-refractivity contribution in [3.8, 4) is 11.5 Å². The molecule has 31 heavy (non-hydrogen) atoms. The number of ketones is 1. The largest absolute Gasteiger partial charge is 0.497 e. The molecule has 7 heteroatoms. The van der Waals surface area contributed by atoms with Gasteiger partial charge < -0.3 is 19.1 Å². The number of methoxy groups -OCH3 is 2. The van der Waals surface area contributed by atoms with E-state index in [2.05, 4.69) is 4.90 Å². The van der Waals surface area contributed by atoms with Crippen LogP contribution in [0.5, 0.6) is 11.5 Å². The molecule has 0 amide bonds. The van der Waals surface area contributed by atoms with Crippen LogP contribution in [0, 0.1) is 0 Å². The number of esters is 1. The van der Waals surface area contributed by atoms with Gasteiger partial charge in [0.2, 0.25) is 5.78 Å². The Morgan fingerprint density at radius 1 is 1.10 bits per heavy atom. The number of nitrogens with zero attached hydrogens (tertiary/aromatic N) is 2. The van der Waals surface area contributed by atoms with Crippen molar-refractivity contribution >= 4 is 22.7 Å². The molecule has 0 atom stereocenters. The number of pyridine rings is 1. The van der Waals surface area contributed by atoms with Gasteiger partial charge in [0.25, 0.3) is 0 Å². The van der Waals surface area contributed by atoms with E-state index < -0.39 is 5.97 Å². The van der Waals surface area contributed by atoms with E-state index in [1.54, 1.807) is 18.2 Å². The van der Waals surface area contributed by atoms with Crippen LogP contribution in [0.4, 0.5) is 0 Å². The van der Waals surface area contributed by atoms with Gasteiger partial charge in [-0.15, -0.1) is 0 Å². The maximum atomic E-state index is 13.2. The maximum absolute atomic E-state index is 13.2. The van der Waals surface area contributed by atoms with E-state index in [4.69, 9.17) is 19.2 Å². The number of rotatable bonds is 6. The van der Waals surface area contributed by atoms with Crippen LogP contribution in [0.3, 0.4) is 0 Å². The Hall–Kier alpha value is -3.45. The van der Waals surface area contributed by atoms with Gasteiger partial charge in [-0.05, 0) is 25.2 Å². The molecule has 1 aromatic heterocycles. The number of hydrogen-bond acceptors (Lipinski definition) is 7. The first kappa shape index (κ1) is 20.8. The van der Waals surface area contributed by atoms with Crippen LogP contribution in [0.1, 0.15) is 32.0 Å². The van der Waals surface area contributed by atoms with Gasteiger partial charge in [-0.1, -0.05) is 18.2 Å². The normalized spacial score (nSPS) is 13.5. The maximum Gasteiger partial charge on any atom is 0.339 e. The molecule has 4 rings (SSSR count). The van der Waals surface area contributed by atoms with Crippen molar-refractivity contribution in [1.29, 1.82) is 0 Å². The topological polar surface area (TPSA) is 78.0 Å². The van der Waals surface area contributed by atoms with Gasteiger partial charge in [0.1, 0.15) is 11.5 Å². The van der Waals surface area contributed by atoms with Crippen molar-refractivity contribution in [3.05, 3.63) is 64.8 Å². The van der Waals surface area contributed by atoms with E-state index in [9.17, 15) is 9.59 Å². The van der Waals surface area contributed by atoms with Gasteiger partial charge >= 0.3 is 5.97 Å². The standard InChI is InChI=1S/C24H24N2O5/c1-26-11-10-20-18(13-26)23(16-6-4-5-7-19(16)25-20)24(28)31-14-21(27)17-9-8-15(29-2)12-22(17)30-3/h4-9,12H,10-11,13-14H2,1-3H3. The highest BCUT2D eigenvalue weighted by atomic mass is 16.5. The Bertz CT molecular complexity index is 1160. The lowest BCUT2D eigenvalue weighted by Gasteiger charge is -2.26. The number of likely N-dealkylation sites (N-methyl/N-ethyl adjacent to an activating group) is 1. The third kappa shape index (κ3) is 4.09. The van der Waals surface area contributed by atoms with Gasteiger partial charge in [-0.25, -0.2) is 4.79 Å². The summed E-state index contributed by atoms with van der Waals surface area (Å²) in [7, 11) is 5.02. The summed E-state index contributed by atoms with van der Waals surface area (Å²) in [6.07, 6.45) is 0.763. The number of hydrogen-bond donors (Lipinski definition) is 0. The van der Waals surface area contributed by atoms with E-state index in [1.165, 1.54) is 14.2 Å². The lowest BCUT2D eigenvalue weighted by molar-refractivity contribution is 0.0473. The number of para-hydroxylation sites is 1. The van der Waals surface area contributed by atoms with Gasteiger partial charge in [-0.3, -0.25) is 9.78 Å². The van der Waals surface area contributed by atoms with Crippen molar-refractivity contribution in [3.63, 3.8) is 0 Å². The highest BCUT2D eigenvalue weighted by molar-refractivity contribution is 6.07. The Morgan fingerprint density at radius 3 is 2.68 bits per heavy atom. The fourth-order valence-corrected chi connectivity index (χ4v) is 3.87.